The number of nitrogen functional groups attached to an aromatic ring is 1. The molecular weight excluding hydrogens is 304 g/mol. The van der Waals surface area contributed by atoms with Gasteiger partial charge in [0.2, 0.25) is 0 Å². The second-order valence-corrected chi connectivity index (χ2v) is 4.97. The largest absolute Gasteiger partial charge is 0.398 e. The minimum absolute atomic E-state index is 0.0181. The number of hydrogen-bond donors (Lipinski definition) is 2. The number of nitrogens with zero attached hydrogens (tertiary/aromatic N) is 1. The van der Waals surface area contributed by atoms with Gasteiger partial charge in [-0.1, -0.05) is 46.3 Å². The van der Waals surface area contributed by atoms with Crippen LogP contribution in [0.1, 0.15) is 11.1 Å². The molecule has 98 valence electrons. The molecule has 0 bridgehead atoms. The topological polar surface area (TPSA) is 58.6 Å². The van der Waals surface area contributed by atoms with E-state index in [4.69, 9.17) is 10.8 Å². The van der Waals surface area contributed by atoms with Crippen LogP contribution < -0.4 is 5.73 Å². The number of aliphatic hydroxyl groups is 1. The predicted molar refractivity (Wildman–Crippen MR) is 82.6 cm³/mol. The lowest BCUT2D eigenvalue weighted by Crippen LogP contribution is -2.08. The third-order valence-corrected chi connectivity index (χ3v) is 3.18. The van der Waals surface area contributed by atoms with Crippen molar-refractivity contribution in [2.75, 3.05) is 18.9 Å². The number of aliphatic imine (C=N–C) groups is 1. The molecule has 2 aromatic carbocycles. The number of hydrogen-bond acceptors (Lipinski definition) is 3. The number of aliphatic hydroxyl groups excluding tert-OH is 1. The predicted octanol–water partition coefficient (Wildman–Crippen LogP) is 2.86. The Kier molecular flexibility index (Phi) is 4.71. The summed E-state index contributed by atoms with van der Waals surface area (Å²) in [4.78, 5) is 4.45. The Balaban J connectivity index is 2.52. The minimum atomic E-state index is 0.0181. The van der Waals surface area contributed by atoms with Crippen LogP contribution in [0.25, 0.3) is 0 Å². The minimum Gasteiger partial charge on any atom is -0.398 e. The van der Waals surface area contributed by atoms with E-state index in [1.807, 2.05) is 48.5 Å². The third-order valence-electron chi connectivity index (χ3n) is 2.69. The molecule has 0 saturated heterocycles. The summed E-state index contributed by atoms with van der Waals surface area (Å²) in [6.07, 6.45) is 0. The number of halogens is 1. The van der Waals surface area contributed by atoms with E-state index >= 15 is 0 Å². The van der Waals surface area contributed by atoms with E-state index in [1.165, 1.54) is 0 Å². The number of rotatable bonds is 4. The summed E-state index contributed by atoms with van der Waals surface area (Å²) in [5.74, 6) is 0. The highest BCUT2D eigenvalue weighted by Crippen LogP contribution is 2.22. The maximum absolute atomic E-state index is 8.99. The van der Waals surface area contributed by atoms with Crippen molar-refractivity contribution in [1.29, 1.82) is 0 Å². The Bertz CT molecular complexity index is 582. The van der Waals surface area contributed by atoms with Gasteiger partial charge < -0.3 is 10.8 Å². The van der Waals surface area contributed by atoms with Crippen LogP contribution in [0.5, 0.6) is 0 Å². The Hall–Kier alpha value is -1.65. The molecule has 19 heavy (non-hydrogen) atoms. The summed E-state index contributed by atoms with van der Waals surface area (Å²) < 4.78 is 0.948. The summed E-state index contributed by atoms with van der Waals surface area (Å²) in [5, 5.41) is 8.99. The highest BCUT2D eigenvalue weighted by molar-refractivity contribution is 9.10. The van der Waals surface area contributed by atoms with Gasteiger partial charge in [0, 0.05) is 21.3 Å². The summed E-state index contributed by atoms with van der Waals surface area (Å²) in [6.45, 7) is 0.375. The fourth-order valence-corrected chi connectivity index (χ4v) is 2.18. The molecule has 0 aliphatic rings. The zero-order valence-electron chi connectivity index (χ0n) is 10.4. The quantitative estimate of drug-likeness (QED) is 0.672. The first-order chi connectivity index (χ1) is 9.22. The van der Waals surface area contributed by atoms with E-state index in [9.17, 15) is 0 Å². The Morgan fingerprint density at radius 3 is 2.58 bits per heavy atom. The second-order valence-electron chi connectivity index (χ2n) is 4.05. The summed E-state index contributed by atoms with van der Waals surface area (Å²) >= 11 is 3.45. The van der Waals surface area contributed by atoms with E-state index < -0.39 is 0 Å². The number of nitrogens with two attached hydrogens (primary N) is 1. The van der Waals surface area contributed by atoms with E-state index in [1.54, 1.807) is 0 Å². The molecule has 0 heterocycles. The van der Waals surface area contributed by atoms with Crippen LogP contribution in [0, 0.1) is 0 Å². The SMILES string of the molecule is Nc1ccc(Br)cc1/C(=N/CCO)c1ccccc1. The van der Waals surface area contributed by atoms with Crippen molar-refractivity contribution in [1.82, 2.24) is 0 Å². The Morgan fingerprint density at radius 2 is 1.89 bits per heavy atom. The molecule has 4 heteroatoms. The highest BCUT2D eigenvalue weighted by Gasteiger charge is 2.10. The summed E-state index contributed by atoms with van der Waals surface area (Å²) in [7, 11) is 0. The number of anilines is 1. The van der Waals surface area contributed by atoms with Gasteiger partial charge in [0.1, 0.15) is 0 Å². The van der Waals surface area contributed by atoms with Gasteiger partial charge in [-0.15, -0.1) is 0 Å². The average Bonchev–Trinajstić information content (AvgIpc) is 2.44. The van der Waals surface area contributed by atoms with E-state index in [0.717, 1.165) is 21.3 Å². The van der Waals surface area contributed by atoms with Crippen molar-refractivity contribution in [2.24, 2.45) is 4.99 Å². The molecule has 0 aliphatic carbocycles. The molecule has 2 rings (SSSR count). The number of benzene rings is 2. The van der Waals surface area contributed by atoms with Crippen molar-refractivity contribution >= 4 is 27.3 Å². The molecule has 0 fully saturated rings. The Labute approximate surface area is 120 Å². The van der Waals surface area contributed by atoms with Crippen LogP contribution in [-0.2, 0) is 0 Å². The molecule has 0 saturated carbocycles. The molecule has 0 unspecified atom stereocenters. The van der Waals surface area contributed by atoms with Crippen molar-refractivity contribution in [3.63, 3.8) is 0 Å². The molecule has 0 aromatic heterocycles. The van der Waals surface area contributed by atoms with Gasteiger partial charge in [0.25, 0.3) is 0 Å². The van der Waals surface area contributed by atoms with Crippen LogP contribution >= 0.6 is 15.9 Å². The molecule has 0 aliphatic heterocycles. The smallest absolute Gasteiger partial charge is 0.0741 e. The van der Waals surface area contributed by atoms with Crippen molar-refractivity contribution in [3.05, 3.63) is 64.1 Å². The highest BCUT2D eigenvalue weighted by atomic mass is 79.9. The van der Waals surface area contributed by atoms with Gasteiger partial charge in [0.15, 0.2) is 0 Å². The molecular formula is C15H15BrN2O. The fourth-order valence-electron chi connectivity index (χ4n) is 1.82. The van der Waals surface area contributed by atoms with E-state index in [0.29, 0.717) is 12.2 Å². The van der Waals surface area contributed by atoms with Crippen LogP contribution in [0.2, 0.25) is 0 Å². The van der Waals surface area contributed by atoms with Gasteiger partial charge in [-0.25, -0.2) is 0 Å². The standard InChI is InChI=1S/C15H15BrN2O/c16-12-6-7-14(17)13(10-12)15(18-8-9-19)11-4-2-1-3-5-11/h1-7,10,19H,8-9,17H2/b18-15+. The van der Waals surface area contributed by atoms with Crippen molar-refractivity contribution < 1.29 is 5.11 Å². The first kappa shape index (κ1) is 13.8. The zero-order chi connectivity index (χ0) is 13.7. The maximum Gasteiger partial charge on any atom is 0.0741 e. The average molecular weight is 319 g/mol. The molecule has 0 amide bonds. The lowest BCUT2D eigenvalue weighted by molar-refractivity contribution is 0.307. The second kappa shape index (κ2) is 6.50. The normalized spacial score (nSPS) is 11.6. The lowest BCUT2D eigenvalue weighted by atomic mass is 10.0. The van der Waals surface area contributed by atoms with Crippen molar-refractivity contribution in [3.8, 4) is 0 Å². The summed E-state index contributed by atoms with van der Waals surface area (Å²) in [5.41, 5.74) is 9.36. The van der Waals surface area contributed by atoms with Crippen LogP contribution in [0.3, 0.4) is 0 Å². The maximum atomic E-state index is 8.99. The molecule has 3 nitrogen and oxygen atoms in total. The van der Waals surface area contributed by atoms with Gasteiger partial charge in [-0.3, -0.25) is 4.99 Å². The molecule has 0 atom stereocenters. The molecule has 2 aromatic rings. The van der Waals surface area contributed by atoms with Gasteiger partial charge in [0.05, 0.1) is 18.9 Å². The lowest BCUT2D eigenvalue weighted by Gasteiger charge is -2.10. The zero-order valence-corrected chi connectivity index (χ0v) is 12.0. The van der Waals surface area contributed by atoms with Crippen LogP contribution in [-0.4, -0.2) is 24.0 Å². The molecule has 0 spiro atoms. The third kappa shape index (κ3) is 3.43. The summed E-state index contributed by atoms with van der Waals surface area (Å²) in [6, 6.07) is 15.5. The van der Waals surface area contributed by atoms with E-state index in [2.05, 4.69) is 20.9 Å². The van der Waals surface area contributed by atoms with Gasteiger partial charge >= 0.3 is 0 Å². The van der Waals surface area contributed by atoms with Crippen molar-refractivity contribution in [2.45, 2.75) is 0 Å². The first-order valence-corrected chi connectivity index (χ1v) is 6.78. The monoisotopic (exact) mass is 318 g/mol. The van der Waals surface area contributed by atoms with Crippen LogP contribution in [0.4, 0.5) is 5.69 Å². The first-order valence-electron chi connectivity index (χ1n) is 5.98. The molecule has 0 radical (unpaired) electrons. The van der Waals surface area contributed by atoms with Crippen LogP contribution in [0.15, 0.2) is 58.0 Å². The fraction of sp³-hybridized carbons (Fsp3) is 0.133. The van der Waals surface area contributed by atoms with Gasteiger partial charge in [-0.05, 0) is 18.2 Å². The molecule has 3 N–H and O–H groups in total. The Morgan fingerprint density at radius 1 is 1.16 bits per heavy atom. The van der Waals surface area contributed by atoms with E-state index in [-0.39, 0.29) is 6.61 Å². The van der Waals surface area contributed by atoms with Gasteiger partial charge in [-0.2, -0.15) is 0 Å².